The highest BCUT2D eigenvalue weighted by atomic mass is 32.2. The van der Waals surface area contributed by atoms with Gasteiger partial charge in [0, 0.05) is 34.6 Å². The fourth-order valence-corrected chi connectivity index (χ4v) is 3.66. The van der Waals surface area contributed by atoms with E-state index in [0.29, 0.717) is 0 Å². The highest BCUT2D eigenvalue weighted by Crippen LogP contribution is 2.44. The third-order valence-corrected chi connectivity index (χ3v) is 4.69. The summed E-state index contributed by atoms with van der Waals surface area (Å²) in [6.07, 6.45) is 7.30. The Bertz CT molecular complexity index is 538. The van der Waals surface area contributed by atoms with Crippen molar-refractivity contribution >= 4 is 33.3 Å². The minimum atomic E-state index is 1.21. The van der Waals surface area contributed by atoms with Crippen molar-refractivity contribution in [2.45, 2.75) is 0 Å². The van der Waals surface area contributed by atoms with Crippen LogP contribution in [0.2, 0.25) is 0 Å². The van der Waals surface area contributed by atoms with Crippen molar-refractivity contribution in [2.75, 3.05) is 0 Å². The van der Waals surface area contributed by atoms with E-state index in [4.69, 9.17) is 0 Å². The second-order valence-corrected chi connectivity index (χ2v) is 5.50. The van der Waals surface area contributed by atoms with Crippen molar-refractivity contribution < 1.29 is 0 Å². The van der Waals surface area contributed by atoms with Crippen LogP contribution >= 0.6 is 23.5 Å². The molecular weight excluding hydrogens is 260 g/mol. The van der Waals surface area contributed by atoms with E-state index in [1.807, 2.05) is 49.1 Å². The minimum absolute atomic E-state index is 1.21. The Labute approximate surface area is 114 Å². The first-order valence-electron chi connectivity index (χ1n) is 5.48. The monoisotopic (exact) mass is 270 g/mol. The first kappa shape index (κ1) is 11.6. The first-order chi connectivity index (χ1) is 8.93. The van der Waals surface area contributed by atoms with Gasteiger partial charge in [-0.2, -0.15) is 0 Å². The van der Waals surface area contributed by atoms with Crippen molar-refractivity contribution in [1.29, 1.82) is 0 Å². The topological polar surface area (TPSA) is 25.8 Å². The van der Waals surface area contributed by atoms with E-state index in [-0.39, 0.29) is 0 Å². The van der Waals surface area contributed by atoms with Gasteiger partial charge in [-0.25, -0.2) is 0 Å². The Balaban J connectivity index is 1.85. The molecule has 2 aromatic rings. The van der Waals surface area contributed by atoms with E-state index in [1.165, 1.54) is 20.9 Å². The second kappa shape index (κ2) is 5.42. The van der Waals surface area contributed by atoms with Gasteiger partial charge in [0.15, 0.2) is 0 Å². The van der Waals surface area contributed by atoms with E-state index in [0.717, 1.165) is 0 Å². The minimum Gasteiger partial charge on any atom is -0.265 e. The van der Waals surface area contributed by atoms with Crippen molar-refractivity contribution in [3.05, 3.63) is 71.0 Å². The van der Waals surface area contributed by atoms with Gasteiger partial charge in [0.25, 0.3) is 0 Å². The predicted octanol–water partition coefficient (Wildman–Crippen LogP) is 4.25. The maximum atomic E-state index is 4.05. The summed E-state index contributed by atoms with van der Waals surface area (Å²) >= 11 is 3.50. The molecule has 3 heterocycles. The maximum absolute atomic E-state index is 4.05. The summed E-state index contributed by atoms with van der Waals surface area (Å²) in [5, 5.41) is 4.34. The number of nitrogens with zero attached hydrogens (tertiary/aromatic N) is 2. The van der Waals surface area contributed by atoms with E-state index < -0.39 is 0 Å². The molecule has 4 heteroatoms. The third-order valence-electron chi connectivity index (χ3n) is 2.50. The Morgan fingerprint density at radius 3 is 1.56 bits per heavy atom. The normalized spacial score (nSPS) is 14.9. The van der Waals surface area contributed by atoms with Crippen LogP contribution in [0.25, 0.3) is 9.81 Å². The standard InChI is InChI=1S/C14H10N2S2/c1-5-15-6-2-11(1)13-9-17-10-14(18-13)12-3-7-16-8-4-12/h1-10H. The van der Waals surface area contributed by atoms with E-state index >= 15 is 0 Å². The Morgan fingerprint density at radius 1 is 0.667 bits per heavy atom. The molecular formula is C14H10N2S2. The average molecular weight is 270 g/mol. The highest BCUT2D eigenvalue weighted by molar-refractivity contribution is 8.20. The molecule has 18 heavy (non-hydrogen) atoms. The van der Waals surface area contributed by atoms with Gasteiger partial charge in [0.05, 0.1) is 0 Å². The first-order valence-corrected chi connectivity index (χ1v) is 7.24. The molecule has 2 nitrogen and oxygen atoms in total. The van der Waals surface area contributed by atoms with E-state index in [1.54, 1.807) is 23.5 Å². The van der Waals surface area contributed by atoms with E-state index in [2.05, 4.69) is 20.8 Å². The molecule has 0 atom stereocenters. The van der Waals surface area contributed by atoms with E-state index in [9.17, 15) is 0 Å². The largest absolute Gasteiger partial charge is 0.265 e. The lowest BCUT2D eigenvalue weighted by atomic mass is 10.2. The average Bonchev–Trinajstić information content (AvgIpc) is 2.49. The molecule has 0 saturated heterocycles. The van der Waals surface area contributed by atoms with Gasteiger partial charge in [-0.15, -0.1) is 11.8 Å². The molecule has 0 N–H and O–H groups in total. The van der Waals surface area contributed by atoms with Crippen LogP contribution in [0.3, 0.4) is 0 Å². The molecule has 0 aromatic carbocycles. The third kappa shape index (κ3) is 2.49. The molecule has 0 spiro atoms. The molecule has 0 radical (unpaired) electrons. The van der Waals surface area contributed by atoms with Gasteiger partial charge in [0.1, 0.15) is 0 Å². The Kier molecular flexibility index (Phi) is 3.48. The summed E-state index contributed by atoms with van der Waals surface area (Å²) in [6, 6.07) is 8.15. The molecule has 0 amide bonds. The van der Waals surface area contributed by atoms with Crippen LogP contribution < -0.4 is 0 Å². The molecule has 1 aliphatic heterocycles. The summed E-state index contributed by atoms with van der Waals surface area (Å²) < 4.78 is 0. The second-order valence-electron chi connectivity index (χ2n) is 3.67. The summed E-state index contributed by atoms with van der Waals surface area (Å²) in [6.45, 7) is 0. The molecule has 0 unspecified atom stereocenters. The number of aromatic nitrogens is 2. The quantitative estimate of drug-likeness (QED) is 0.814. The summed E-state index contributed by atoms with van der Waals surface area (Å²) in [5.41, 5.74) is 2.42. The molecule has 0 bridgehead atoms. The van der Waals surface area contributed by atoms with Crippen molar-refractivity contribution in [3.8, 4) is 0 Å². The van der Waals surface area contributed by atoms with Crippen LogP contribution in [0.1, 0.15) is 11.1 Å². The zero-order valence-electron chi connectivity index (χ0n) is 9.48. The molecule has 0 fully saturated rings. The fourth-order valence-electron chi connectivity index (χ4n) is 1.61. The Morgan fingerprint density at radius 2 is 1.11 bits per heavy atom. The molecule has 0 saturated carbocycles. The lowest BCUT2D eigenvalue weighted by Crippen LogP contribution is -1.86. The number of rotatable bonds is 2. The van der Waals surface area contributed by atoms with Gasteiger partial charge < -0.3 is 0 Å². The zero-order valence-corrected chi connectivity index (χ0v) is 11.1. The number of pyridine rings is 2. The number of thioether (sulfide) groups is 2. The lowest BCUT2D eigenvalue weighted by molar-refractivity contribution is 1.32. The smallest absolute Gasteiger partial charge is 0.0274 e. The zero-order chi connectivity index (χ0) is 12.2. The van der Waals surface area contributed by atoms with Crippen LogP contribution in [-0.4, -0.2) is 9.97 Å². The van der Waals surface area contributed by atoms with Crippen molar-refractivity contribution in [1.82, 2.24) is 9.97 Å². The fraction of sp³-hybridized carbons (Fsp3) is 0. The van der Waals surface area contributed by atoms with Crippen LogP contribution in [-0.2, 0) is 0 Å². The van der Waals surface area contributed by atoms with Crippen LogP contribution in [0.15, 0.2) is 59.9 Å². The van der Waals surface area contributed by atoms with Crippen LogP contribution in [0, 0.1) is 0 Å². The van der Waals surface area contributed by atoms with Gasteiger partial charge >= 0.3 is 0 Å². The maximum Gasteiger partial charge on any atom is 0.0274 e. The molecule has 88 valence electrons. The van der Waals surface area contributed by atoms with Crippen molar-refractivity contribution in [3.63, 3.8) is 0 Å². The molecule has 3 rings (SSSR count). The van der Waals surface area contributed by atoms with Gasteiger partial charge in [0.2, 0.25) is 0 Å². The summed E-state index contributed by atoms with van der Waals surface area (Å²) in [4.78, 5) is 10.6. The van der Waals surface area contributed by atoms with Gasteiger partial charge in [-0.3, -0.25) is 9.97 Å². The summed E-state index contributed by atoms with van der Waals surface area (Å²) in [7, 11) is 0. The lowest BCUT2D eigenvalue weighted by Gasteiger charge is -2.14. The highest BCUT2D eigenvalue weighted by Gasteiger charge is 2.11. The predicted molar refractivity (Wildman–Crippen MR) is 79.6 cm³/mol. The van der Waals surface area contributed by atoms with Crippen LogP contribution in [0.5, 0.6) is 0 Å². The molecule has 2 aromatic heterocycles. The Hall–Kier alpha value is -1.52. The summed E-state index contributed by atoms with van der Waals surface area (Å²) in [5.74, 6) is 0. The SMILES string of the molecule is C1=C(c2ccncc2)SC(c2ccncc2)=CS1. The van der Waals surface area contributed by atoms with Crippen LogP contribution in [0.4, 0.5) is 0 Å². The number of hydrogen-bond acceptors (Lipinski definition) is 4. The molecule has 0 aliphatic carbocycles. The van der Waals surface area contributed by atoms with Gasteiger partial charge in [-0.05, 0) is 46.2 Å². The van der Waals surface area contributed by atoms with Gasteiger partial charge in [-0.1, -0.05) is 11.8 Å². The molecule has 1 aliphatic rings. The number of hydrogen-bond donors (Lipinski definition) is 0. The van der Waals surface area contributed by atoms with Crippen molar-refractivity contribution in [2.24, 2.45) is 0 Å².